The van der Waals surface area contributed by atoms with Crippen molar-refractivity contribution in [3.05, 3.63) is 0 Å². The Hall–Kier alpha value is -0.330. The molecule has 0 aromatic carbocycles. The predicted molar refractivity (Wildman–Crippen MR) is 71.7 cm³/mol. The molecule has 0 spiro atoms. The molecule has 2 aliphatic rings. The van der Waals surface area contributed by atoms with Gasteiger partial charge in [-0.3, -0.25) is 0 Å². The van der Waals surface area contributed by atoms with E-state index in [2.05, 4.69) is 12.2 Å². The predicted octanol–water partition coefficient (Wildman–Crippen LogP) is 2.42. The SMILES string of the molecule is CC(NCCN1CCCC(C(F)(F)F)C1)C1CCCO1. The molecule has 0 bridgehead atoms. The Bertz CT molecular complexity index is 293. The van der Waals surface area contributed by atoms with E-state index >= 15 is 0 Å². The van der Waals surface area contributed by atoms with E-state index in [-0.39, 0.29) is 25.1 Å². The molecule has 1 N–H and O–H groups in total. The first-order chi connectivity index (χ1) is 9.47. The van der Waals surface area contributed by atoms with Crippen LogP contribution in [0.3, 0.4) is 0 Å². The molecule has 2 rings (SSSR count). The third kappa shape index (κ3) is 4.60. The lowest BCUT2D eigenvalue weighted by Gasteiger charge is -2.34. The van der Waals surface area contributed by atoms with Crippen molar-refractivity contribution in [2.24, 2.45) is 5.92 Å². The Kier molecular flexibility index (Phi) is 5.69. The Balaban J connectivity index is 1.66. The van der Waals surface area contributed by atoms with Crippen LogP contribution in [0.15, 0.2) is 0 Å². The van der Waals surface area contributed by atoms with Gasteiger partial charge in [-0.2, -0.15) is 13.2 Å². The van der Waals surface area contributed by atoms with Crippen molar-refractivity contribution in [1.29, 1.82) is 0 Å². The molecule has 0 aliphatic carbocycles. The van der Waals surface area contributed by atoms with Crippen LogP contribution in [0, 0.1) is 5.92 Å². The molecule has 3 nitrogen and oxygen atoms in total. The summed E-state index contributed by atoms with van der Waals surface area (Å²) in [5.41, 5.74) is 0. The average molecular weight is 294 g/mol. The largest absolute Gasteiger partial charge is 0.393 e. The molecule has 2 heterocycles. The molecule has 3 atom stereocenters. The number of piperidine rings is 1. The summed E-state index contributed by atoms with van der Waals surface area (Å²) >= 11 is 0. The van der Waals surface area contributed by atoms with Crippen LogP contribution in [0.1, 0.15) is 32.6 Å². The third-order valence-electron chi connectivity index (χ3n) is 4.39. The molecular formula is C14H25F3N2O. The summed E-state index contributed by atoms with van der Waals surface area (Å²) in [7, 11) is 0. The Morgan fingerprint density at radius 1 is 1.30 bits per heavy atom. The van der Waals surface area contributed by atoms with Gasteiger partial charge in [0.25, 0.3) is 0 Å². The van der Waals surface area contributed by atoms with E-state index in [0.29, 0.717) is 13.0 Å². The van der Waals surface area contributed by atoms with Gasteiger partial charge in [0.05, 0.1) is 12.0 Å². The highest BCUT2D eigenvalue weighted by Crippen LogP contribution is 2.32. The van der Waals surface area contributed by atoms with Gasteiger partial charge in [0.1, 0.15) is 0 Å². The molecule has 2 aliphatic heterocycles. The second kappa shape index (κ2) is 7.09. The van der Waals surface area contributed by atoms with E-state index in [1.54, 1.807) is 0 Å². The summed E-state index contributed by atoms with van der Waals surface area (Å²) in [6.45, 7) is 5.26. The lowest BCUT2D eigenvalue weighted by Crippen LogP contribution is -2.46. The minimum Gasteiger partial charge on any atom is -0.377 e. The Labute approximate surface area is 118 Å². The standard InChI is InChI=1S/C14H25F3N2O/c1-11(13-5-3-9-20-13)18-6-8-19-7-2-4-12(10-19)14(15,16)17/h11-13,18H,2-10H2,1H3. The maximum absolute atomic E-state index is 12.7. The smallest absolute Gasteiger partial charge is 0.377 e. The number of hydrogen-bond acceptors (Lipinski definition) is 3. The summed E-state index contributed by atoms with van der Waals surface area (Å²) in [5, 5.41) is 3.38. The van der Waals surface area contributed by atoms with Crippen LogP contribution < -0.4 is 5.32 Å². The van der Waals surface area contributed by atoms with Gasteiger partial charge in [0, 0.05) is 32.3 Å². The van der Waals surface area contributed by atoms with Crippen LogP contribution in [-0.2, 0) is 4.74 Å². The topological polar surface area (TPSA) is 24.5 Å². The maximum atomic E-state index is 12.7. The Morgan fingerprint density at radius 2 is 2.10 bits per heavy atom. The van der Waals surface area contributed by atoms with Crippen molar-refractivity contribution in [2.75, 3.05) is 32.8 Å². The van der Waals surface area contributed by atoms with E-state index in [4.69, 9.17) is 4.74 Å². The average Bonchev–Trinajstić information content (AvgIpc) is 2.92. The lowest BCUT2D eigenvalue weighted by molar-refractivity contribution is -0.186. The van der Waals surface area contributed by atoms with Crippen LogP contribution in [0.25, 0.3) is 0 Å². The monoisotopic (exact) mass is 294 g/mol. The molecule has 20 heavy (non-hydrogen) atoms. The van der Waals surface area contributed by atoms with E-state index in [1.807, 2.05) is 4.90 Å². The fourth-order valence-electron chi connectivity index (χ4n) is 3.10. The van der Waals surface area contributed by atoms with Crippen molar-refractivity contribution >= 4 is 0 Å². The number of halogens is 3. The number of hydrogen-bond donors (Lipinski definition) is 1. The van der Waals surface area contributed by atoms with Gasteiger partial charge in [-0.15, -0.1) is 0 Å². The first kappa shape index (κ1) is 16.0. The van der Waals surface area contributed by atoms with E-state index in [1.165, 1.54) is 0 Å². The van der Waals surface area contributed by atoms with Gasteiger partial charge in [-0.25, -0.2) is 0 Å². The van der Waals surface area contributed by atoms with Gasteiger partial charge >= 0.3 is 6.18 Å². The van der Waals surface area contributed by atoms with E-state index < -0.39 is 12.1 Å². The molecule has 2 saturated heterocycles. The molecular weight excluding hydrogens is 269 g/mol. The molecule has 0 radical (unpaired) electrons. The summed E-state index contributed by atoms with van der Waals surface area (Å²) in [4.78, 5) is 1.93. The highest BCUT2D eigenvalue weighted by atomic mass is 19.4. The molecule has 2 fully saturated rings. The zero-order chi connectivity index (χ0) is 14.6. The van der Waals surface area contributed by atoms with Crippen molar-refractivity contribution in [3.63, 3.8) is 0 Å². The van der Waals surface area contributed by atoms with Crippen molar-refractivity contribution in [1.82, 2.24) is 10.2 Å². The summed E-state index contributed by atoms with van der Waals surface area (Å²) in [5.74, 6) is -1.15. The minimum absolute atomic E-state index is 0.152. The normalized spacial score (nSPS) is 30.6. The maximum Gasteiger partial charge on any atom is 0.393 e. The Morgan fingerprint density at radius 3 is 2.75 bits per heavy atom. The van der Waals surface area contributed by atoms with E-state index in [9.17, 15) is 13.2 Å². The quantitative estimate of drug-likeness (QED) is 0.843. The summed E-state index contributed by atoms with van der Waals surface area (Å²) < 4.78 is 43.7. The number of nitrogens with one attached hydrogen (secondary N) is 1. The van der Waals surface area contributed by atoms with Gasteiger partial charge in [-0.05, 0) is 39.2 Å². The van der Waals surface area contributed by atoms with Crippen molar-refractivity contribution in [2.45, 2.75) is 50.9 Å². The number of nitrogens with zero attached hydrogens (tertiary/aromatic N) is 1. The number of likely N-dealkylation sites (tertiary alicyclic amines) is 1. The molecule has 118 valence electrons. The number of ether oxygens (including phenoxy) is 1. The summed E-state index contributed by atoms with van der Waals surface area (Å²) in [6, 6.07) is 0.278. The fourth-order valence-corrected chi connectivity index (χ4v) is 3.10. The third-order valence-corrected chi connectivity index (χ3v) is 4.39. The van der Waals surface area contributed by atoms with Gasteiger partial charge < -0.3 is 15.0 Å². The molecule has 6 heteroatoms. The van der Waals surface area contributed by atoms with Crippen LogP contribution in [0.5, 0.6) is 0 Å². The molecule has 0 aromatic heterocycles. The first-order valence-electron chi connectivity index (χ1n) is 7.61. The van der Waals surface area contributed by atoms with Gasteiger partial charge in [0.15, 0.2) is 0 Å². The minimum atomic E-state index is -4.04. The zero-order valence-electron chi connectivity index (χ0n) is 12.1. The van der Waals surface area contributed by atoms with Crippen LogP contribution >= 0.6 is 0 Å². The van der Waals surface area contributed by atoms with E-state index in [0.717, 1.165) is 32.5 Å². The second-order valence-corrected chi connectivity index (χ2v) is 5.98. The van der Waals surface area contributed by atoms with Gasteiger partial charge in [0.2, 0.25) is 0 Å². The van der Waals surface area contributed by atoms with Crippen LogP contribution in [0.4, 0.5) is 13.2 Å². The zero-order valence-corrected chi connectivity index (χ0v) is 12.1. The molecule has 3 unspecified atom stereocenters. The first-order valence-corrected chi connectivity index (χ1v) is 7.61. The lowest BCUT2D eigenvalue weighted by atomic mass is 9.97. The van der Waals surface area contributed by atoms with Gasteiger partial charge in [-0.1, -0.05) is 0 Å². The summed E-state index contributed by atoms with van der Waals surface area (Å²) in [6.07, 6.45) is -0.675. The van der Waals surface area contributed by atoms with Crippen molar-refractivity contribution in [3.8, 4) is 0 Å². The highest BCUT2D eigenvalue weighted by molar-refractivity contribution is 4.80. The molecule has 0 aromatic rings. The number of alkyl halides is 3. The number of rotatable bonds is 5. The molecule has 0 amide bonds. The second-order valence-electron chi connectivity index (χ2n) is 5.98. The fraction of sp³-hybridized carbons (Fsp3) is 1.00. The van der Waals surface area contributed by atoms with Crippen LogP contribution in [-0.4, -0.2) is 56.0 Å². The highest BCUT2D eigenvalue weighted by Gasteiger charge is 2.41. The molecule has 0 saturated carbocycles. The van der Waals surface area contributed by atoms with Crippen molar-refractivity contribution < 1.29 is 17.9 Å². The van der Waals surface area contributed by atoms with Crippen LogP contribution in [0.2, 0.25) is 0 Å².